The highest BCUT2D eigenvalue weighted by molar-refractivity contribution is 7.80. The first-order valence-electron chi connectivity index (χ1n) is 5.56. The van der Waals surface area contributed by atoms with Gasteiger partial charge in [-0.1, -0.05) is 17.7 Å². The standard InChI is InChI=1S/C12H15NO3S/c1-9-2-5-11(6-3-9)17(15)16-8-10-4-7-12(14)13-10/h2-3,5-6,10H,4,7-8H2,1H3,(H,13,14). The van der Waals surface area contributed by atoms with Gasteiger partial charge in [-0.15, -0.1) is 0 Å². The van der Waals surface area contributed by atoms with Crippen molar-refractivity contribution in [1.82, 2.24) is 5.32 Å². The van der Waals surface area contributed by atoms with Gasteiger partial charge in [0, 0.05) is 6.42 Å². The summed E-state index contributed by atoms with van der Waals surface area (Å²) in [6.45, 7) is 2.27. The minimum Gasteiger partial charge on any atom is -0.351 e. The quantitative estimate of drug-likeness (QED) is 0.880. The SMILES string of the molecule is Cc1ccc(S(=O)OCC2CCC(=O)N2)cc1. The topological polar surface area (TPSA) is 55.4 Å². The molecule has 92 valence electrons. The van der Waals surface area contributed by atoms with Gasteiger partial charge in [0.2, 0.25) is 5.91 Å². The lowest BCUT2D eigenvalue weighted by molar-refractivity contribution is -0.119. The summed E-state index contributed by atoms with van der Waals surface area (Å²) in [6, 6.07) is 7.37. The fourth-order valence-electron chi connectivity index (χ4n) is 1.66. The van der Waals surface area contributed by atoms with Crippen LogP contribution in [-0.4, -0.2) is 22.8 Å². The van der Waals surface area contributed by atoms with E-state index < -0.39 is 11.1 Å². The Balaban J connectivity index is 1.85. The van der Waals surface area contributed by atoms with E-state index >= 15 is 0 Å². The van der Waals surface area contributed by atoms with Gasteiger partial charge in [0.05, 0.1) is 17.5 Å². The third-order valence-electron chi connectivity index (χ3n) is 2.67. The Kier molecular flexibility index (Phi) is 3.91. The van der Waals surface area contributed by atoms with Gasteiger partial charge in [0.1, 0.15) is 0 Å². The second-order valence-corrected chi connectivity index (χ2v) is 5.31. The summed E-state index contributed by atoms with van der Waals surface area (Å²) in [7, 11) is 0. The molecule has 1 heterocycles. The third kappa shape index (κ3) is 3.38. The zero-order chi connectivity index (χ0) is 12.3. The number of amides is 1. The van der Waals surface area contributed by atoms with Crippen LogP contribution in [0, 0.1) is 6.92 Å². The molecule has 1 fully saturated rings. The summed E-state index contributed by atoms with van der Waals surface area (Å²) in [5.41, 5.74) is 1.12. The van der Waals surface area contributed by atoms with E-state index in [9.17, 15) is 9.00 Å². The van der Waals surface area contributed by atoms with Crippen molar-refractivity contribution in [3.63, 3.8) is 0 Å². The van der Waals surface area contributed by atoms with Crippen LogP contribution in [0.1, 0.15) is 18.4 Å². The van der Waals surface area contributed by atoms with E-state index in [1.165, 1.54) is 0 Å². The number of carbonyl (C=O) groups is 1. The van der Waals surface area contributed by atoms with Crippen molar-refractivity contribution in [2.45, 2.75) is 30.7 Å². The minimum absolute atomic E-state index is 0.00287. The highest BCUT2D eigenvalue weighted by atomic mass is 32.2. The molecule has 2 unspecified atom stereocenters. The molecule has 0 aliphatic carbocycles. The monoisotopic (exact) mass is 253 g/mol. The average molecular weight is 253 g/mol. The van der Waals surface area contributed by atoms with Gasteiger partial charge in [-0.3, -0.25) is 8.98 Å². The molecular formula is C12H15NO3S. The normalized spacial score (nSPS) is 21.2. The van der Waals surface area contributed by atoms with Crippen LogP contribution in [0.2, 0.25) is 0 Å². The first-order chi connectivity index (χ1) is 8.15. The number of aryl methyl sites for hydroxylation is 1. The molecule has 0 bridgehead atoms. The highest BCUT2D eigenvalue weighted by Crippen LogP contribution is 2.12. The summed E-state index contributed by atoms with van der Waals surface area (Å²) in [6.07, 6.45) is 1.29. The molecule has 1 N–H and O–H groups in total. The highest BCUT2D eigenvalue weighted by Gasteiger charge is 2.21. The number of rotatable bonds is 4. The molecule has 1 aromatic rings. The molecule has 1 aliphatic rings. The van der Waals surface area contributed by atoms with Gasteiger partial charge in [0.15, 0.2) is 11.1 Å². The molecule has 1 amide bonds. The molecule has 1 aromatic carbocycles. The second kappa shape index (κ2) is 5.42. The Bertz CT molecular complexity index is 430. The van der Waals surface area contributed by atoms with E-state index in [1.54, 1.807) is 12.1 Å². The Morgan fingerprint density at radius 2 is 2.12 bits per heavy atom. The molecule has 0 aromatic heterocycles. The van der Waals surface area contributed by atoms with E-state index in [4.69, 9.17) is 4.18 Å². The lowest BCUT2D eigenvalue weighted by Gasteiger charge is -2.09. The van der Waals surface area contributed by atoms with E-state index in [0.717, 1.165) is 12.0 Å². The summed E-state index contributed by atoms with van der Waals surface area (Å²) in [4.78, 5) is 11.6. The van der Waals surface area contributed by atoms with Crippen LogP contribution < -0.4 is 5.32 Å². The molecule has 0 radical (unpaired) electrons. The predicted octanol–water partition coefficient (Wildman–Crippen LogP) is 1.31. The third-order valence-corrected chi connectivity index (χ3v) is 3.68. The number of carbonyl (C=O) groups excluding carboxylic acids is 1. The minimum atomic E-state index is -1.45. The lowest BCUT2D eigenvalue weighted by atomic mass is 10.2. The van der Waals surface area contributed by atoms with Crippen molar-refractivity contribution in [3.05, 3.63) is 29.8 Å². The summed E-state index contributed by atoms with van der Waals surface area (Å²) >= 11 is -1.45. The number of hydrogen-bond donors (Lipinski definition) is 1. The van der Waals surface area contributed by atoms with Gasteiger partial charge in [-0.25, -0.2) is 4.21 Å². The van der Waals surface area contributed by atoms with Crippen molar-refractivity contribution in [3.8, 4) is 0 Å². The first-order valence-corrected chi connectivity index (χ1v) is 6.64. The van der Waals surface area contributed by atoms with E-state index in [2.05, 4.69) is 5.32 Å². The van der Waals surface area contributed by atoms with Crippen LogP contribution in [0.4, 0.5) is 0 Å². The molecule has 2 rings (SSSR count). The lowest BCUT2D eigenvalue weighted by Crippen LogP contribution is -2.29. The zero-order valence-electron chi connectivity index (χ0n) is 9.64. The van der Waals surface area contributed by atoms with Crippen molar-refractivity contribution in [2.75, 3.05) is 6.61 Å². The Labute approximate surface area is 103 Å². The molecule has 0 spiro atoms. The maximum atomic E-state index is 11.8. The molecule has 0 saturated carbocycles. The number of hydrogen-bond acceptors (Lipinski definition) is 3. The Hall–Kier alpha value is -1.20. The maximum absolute atomic E-state index is 11.8. The first kappa shape index (κ1) is 12.3. The van der Waals surface area contributed by atoms with Gasteiger partial charge in [-0.05, 0) is 25.5 Å². The summed E-state index contributed by atoms with van der Waals surface area (Å²) in [5, 5.41) is 2.77. The van der Waals surface area contributed by atoms with Crippen LogP contribution in [0.25, 0.3) is 0 Å². The maximum Gasteiger partial charge on any atom is 0.220 e. The molecule has 1 saturated heterocycles. The van der Waals surface area contributed by atoms with E-state index in [0.29, 0.717) is 17.9 Å². The molecule has 17 heavy (non-hydrogen) atoms. The van der Waals surface area contributed by atoms with Gasteiger partial charge >= 0.3 is 0 Å². The van der Waals surface area contributed by atoms with Crippen LogP contribution >= 0.6 is 0 Å². The van der Waals surface area contributed by atoms with E-state index in [-0.39, 0.29) is 11.9 Å². The molecule has 2 atom stereocenters. The van der Waals surface area contributed by atoms with E-state index in [1.807, 2.05) is 19.1 Å². The van der Waals surface area contributed by atoms with Crippen molar-refractivity contribution in [2.24, 2.45) is 0 Å². The molecule has 4 nitrogen and oxygen atoms in total. The van der Waals surface area contributed by atoms with Crippen molar-refractivity contribution >= 4 is 17.0 Å². The number of nitrogens with one attached hydrogen (secondary N) is 1. The average Bonchev–Trinajstić information content (AvgIpc) is 2.73. The van der Waals surface area contributed by atoms with Crippen LogP contribution in [0.15, 0.2) is 29.2 Å². The van der Waals surface area contributed by atoms with Crippen LogP contribution in [0.5, 0.6) is 0 Å². The fourth-order valence-corrected chi connectivity index (χ4v) is 2.45. The summed E-state index contributed by atoms with van der Waals surface area (Å²) < 4.78 is 17.0. The largest absolute Gasteiger partial charge is 0.351 e. The van der Waals surface area contributed by atoms with Crippen molar-refractivity contribution < 1.29 is 13.2 Å². The smallest absolute Gasteiger partial charge is 0.220 e. The van der Waals surface area contributed by atoms with Gasteiger partial charge in [0.25, 0.3) is 0 Å². The molecule has 1 aliphatic heterocycles. The summed E-state index contributed by atoms with van der Waals surface area (Å²) in [5.74, 6) is 0.0414. The molecule has 5 heteroatoms. The fraction of sp³-hybridized carbons (Fsp3) is 0.417. The second-order valence-electron chi connectivity index (χ2n) is 4.14. The zero-order valence-corrected chi connectivity index (χ0v) is 10.5. The van der Waals surface area contributed by atoms with Gasteiger partial charge in [-0.2, -0.15) is 0 Å². The Morgan fingerprint density at radius 3 is 2.71 bits per heavy atom. The predicted molar refractivity (Wildman–Crippen MR) is 64.7 cm³/mol. The van der Waals surface area contributed by atoms with Gasteiger partial charge < -0.3 is 5.32 Å². The number of benzene rings is 1. The Morgan fingerprint density at radius 1 is 1.41 bits per heavy atom. The molecular weight excluding hydrogens is 238 g/mol. The van der Waals surface area contributed by atoms with Crippen LogP contribution in [0.3, 0.4) is 0 Å². The van der Waals surface area contributed by atoms with Crippen molar-refractivity contribution in [1.29, 1.82) is 0 Å². The van der Waals surface area contributed by atoms with Crippen LogP contribution in [-0.2, 0) is 20.1 Å².